The highest BCUT2D eigenvalue weighted by atomic mass is 19.4. The Kier molecular flexibility index (Phi) is 7.68. The van der Waals surface area contributed by atoms with Crippen LogP contribution in [0.5, 0.6) is 17.2 Å². The van der Waals surface area contributed by atoms with E-state index in [1.54, 1.807) is 18.2 Å². The molecule has 2 aromatic rings. The highest BCUT2D eigenvalue weighted by Gasteiger charge is 2.31. The average Bonchev–Trinajstić information content (AvgIpc) is 2.73. The number of hydrogen-bond acceptors (Lipinski definition) is 5. The minimum absolute atomic E-state index is 0.0491. The standard InChI is InChI=1S/C21H22F3NO5/c1-4-13-9-16(7-5-14(13)10-17(12-26)30-20(27)25-2)29-18-8-6-15(21(22,23)24)11-19(18)28-3/h5-9,11-12,17H,4,10H2,1-3H3,(H,25,27). The average molecular weight is 425 g/mol. The Balaban J connectivity index is 2.24. The summed E-state index contributed by atoms with van der Waals surface area (Å²) in [6, 6.07) is 8.03. The number of amides is 1. The molecule has 0 radical (unpaired) electrons. The van der Waals surface area contributed by atoms with Gasteiger partial charge in [-0.3, -0.25) is 4.79 Å². The Morgan fingerprint density at radius 2 is 1.87 bits per heavy atom. The molecule has 0 aliphatic heterocycles. The molecule has 1 atom stereocenters. The molecule has 0 fully saturated rings. The maximum absolute atomic E-state index is 12.9. The number of halogens is 3. The normalized spacial score (nSPS) is 12.1. The van der Waals surface area contributed by atoms with Crippen LogP contribution in [0.4, 0.5) is 18.0 Å². The van der Waals surface area contributed by atoms with Crippen LogP contribution in [-0.2, 0) is 28.5 Å². The number of carbonyl (C=O) groups excluding carboxylic acids is 2. The molecule has 1 unspecified atom stereocenters. The molecule has 9 heteroatoms. The number of alkyl carbamates (subject to hydrolysis) is 1. The van der Waals surface area contributed by atoms with E-state index < -0.39 is 23.9 Å². The topological polar surface area (TPSA) is 73.9 Å². The monoisotopic (exact) mass is 425 g/mol. The van der Waals surface area contributed by atoms with E-state index in [-0.39, 0.29) is 17.9 Å². The van der Waals surface area contributed by atoms with Gasteiger partial charge in [-0.1, -0.05) is 13.0 Å². The lowest BCUT2D eigenvalue weighted by Gasteiger charge is -2.16. The van der Waals surface area contributed by atoms with Gasteiger partial charge in [0.15, 0.2) is 23.9 Å². The Morgan fingerprint density at radius 1 is 1.13 bits per heavy atom. The summed E-state index contributed by atoms with van der Waals surface area (Å²) in [7, 11) is 2.65. The van der Waals surface area contributed by atoms with Crippen molar-refractivity contribution in [1.29, 1.82) is 0 Å². The van der Waals surface area contributed by atoms with E-state index in [0.29, 0.717) is 18.5 Å². The zero-order chi connectivity index (χ0) is 22.3. The molecule has 30 heavy (non-hydrogen) atoms. The van der Waals surface area contributed by atoms with Gasteiger partial charge in [0.05, 0.1) is 12.7 Å². The number of alkyl halides is 3. The summed E-state index contributed by atoms with van der Waals surface area (Å²) >= 11 is 0. The maximum atomic E-state index is 12.9. The van der Waals surface area contributed by atoms with Gasteiger partial charge in [-0.05, 0) is 47.9 Å². The van der Waals surface area contributed by atoms with Gasteiger partial charge in [-0.25, -0.2) is 4.79 Å². The summed E-state index contributed by atoms with van der Waals surface area (Å²) in [6.45, 7) is 1.90. The number of aldehydes is 1. The molecule has 0 saturated heterocycles. The lowest BCUT2D eigenvalue weighted by atomic mass is 9.99. The highest BCUT2D eigenvalue weighted by molar-refractivity contribution is 5.70. The van der Waals surface area contributed by atoms with Crippen molar-refractivity contribution < 1.29 is 37.0 Å². The van der Waals surface area contributed by atoms with Gasteiger partial charge in [0.2, 0.25) is 0 Å². The van der Waals surface area contributed by atoms with Crippen LogP contribution < -0.4 is 14.8 Å². The van der Waals surface area contributed by atoms with Gasteiger partial charge in [0, 0.05) is 13.5 Å². The maximum Gasteiger partial charge on any atom is 0.416 e. The smallest absolute Gasteiger partial charge is 0.416 e. The first kappa shape index (κ1) is 23.1. The van der Waals surface area contributed by atoms with Crippen molar-refractivity contribution in [3.8, 4) is 17.2 Å². The molecule has 2 aromatic carbocycles. The Hall–Kier alpha value is -3.23. The molecule has 6 nitrogen and oxygen atoms in total. The summed E-state index contributed by atoms with van der Waals surface area (Å²) in [5.74, 6) is 0.476. The Labute approximate surface area is 171 Å². The van der Waals surface area contributed by atoms with Crippen LogP contribution in [0, 0.1) is 0 Å². The molecule has 0 aromatic heterocycles. The minimum atomic E-state index is -4.49. The van der Waals surface area contributed by atoms with Crippen LogP contribution in [0.2, 0.25) is 0 Å². The molecule has 1 amide bonds. The minimum Gasteiger partial charge on any atom is -0.493 e. The number of rotatable bonds is 8. The lowest BCUT2D eigenvalue weighted by Crippen LogP contribution is -2.28. The zero-order valence-electron chi connectivity index (χ0n) is 16.7. The van der Waals surface area contributed by atoms with Gasteiger partial charge in [-0.2, -0.15) is 13.2 Å². The molecule has 0 bridgehead atoms. The fraction of sp³-hybridized carbons (Fsp3) is 0.333. The zero-order valence-corrected chi connectivity index (χ0v) is 16.7. The molecule has 0 aliphatic rings. The van der Waals surface area contributed by atoms with E-state index in [2.05, 4.69) is 5.32 Å². The molecule has 0 saturated carbocycles. The van der Waals surface area contributed by atoms with Crippen LogP contribution in [0.15, 0.2) is 36.4 Å². The summed E-state index contributed by atoms with van der Waals surface area (Å²) < 4.78 is 54.4. The molecule has 0 spiro atoms. The second-order valence-corrected chi connectivity index (χ2v) is 6.28. The highest BCUT2D eigenvalue weighted by Crippen LogP contribution is 2.38. The van der Waals surface area contributed by atoms with Gasteiger partial charge in [0.1, 0.15) is 5.75 Å². The predicted octanol–water partition coefficient (Wildman–Crippen LogP) is 4.53. The first-order valence-electron chi connectivity index (χ1n) is 9.10. The van der Waals surface area contributed by atoms with Crippen LogP contribution in [0.1, 0.15) is 23.6 Å². The van der Waals surface area contributed by atoms with Gasteiger partial charge in [-0.15, -0.1) is 0 Å². The van der Waals surface area contributed by atoms with E-state index in [4.69, 9.17) is 14.2 Å². The number of carbonyl (C=O) groups is 2. The van der Waals surface area contributed by atoms with E-state index in [1.807, 2.05) is 6.92 Å². The first-order chi connectivity index (χ1) is 14.2. The van der Waals surface area contributed by atoms with Crippen molar-refractivity contribution in [2.75, 3.05) is 14.2 Å². The van der Waals surface area contributed by atoms with Crippen LogP contribution in [-0.4, -0.2) is 32.6 Å². The predicted molar refractivity (Wildman–Crippen MR) is 103 cm³/mol. The molecule has 0 heterocycles. The number of aryl methyl sites for hydroxylation is 1. The first-order valence-corrected chi connectivity index (χ1v) is 9.10. The van der Waals surface area contributed by atoms with E-state index in [1.165, 1.54) is 20.2 Å². The third-order valence-electron chi connectivity index (χ3n) is 4.31. The Morgan fingerprint density at radius 3 is 2.43 bits per heavy atom. The molecular weight excluding hydrogens is 403 g/mol. The van der Waals surface area contributed by atoms with Crippen molar-refractivity contribution in [2.45, 2.75) is 32.0 Å². The summed E-state index contributed by atoms with van der Waals surface area (Å²) in [5.41, 5.74) is 0.781. The van der Waals surface area contributed by atoms with Gasteiger partial charge < -0.3 is 19.5 Å². The van der Waals surface area contributed by atoms with Crippen LogP contribution in [0.3, 0.4) is 0 Å². The van der Waals surface area contributed by atoms with Gasteiger partial charge >= 0.3 is 12.3 Å². The molecule has 162 valence electrons. The molecule has 2 rings (SSSR count). The van der Waals surface area contributed by atoms with Crippen molar-refractivity contribution in [1.82, 2.24) is 5.32 Å². The third-order valence-corrected chi connectivity index (χ3v) is 4.31. The third kappa shape index (κ3) is 5.88. The van der Waals surface area contributed by atoms with E-state index >= 15 is 0 Å². The fourth-order valence-electron chi connectivity index (χ4n) is 2.78. The van der Waals surface area contributed by atoms with Crippen molar-refractivity contribution >= 4 is 12.4 Å². The van der Waals surface area contributed by atoms with Crippen LogP contribution >= 0.6 is 0 Å². The molecular formula is C21H22F3NO5. The van der Waals surface area contributed by atoms with Crippen LogP contribution in [0.25, 0.3) is 0 Å². The number of benzene rings is 2. The van der Waals surface area contributed by atoms with E-state index in [0.717, 1.165) is 23.3 Å². The summed E-state index contributed by atoms with van der Waals surface area (Å²) in [5, 5.41) is 2.28. The van der Waals surface area contributed by atoms with Crippen molar-refractivity contribution in [3.63, 3.8) is 0 Å². The quantitative estimate of drug-likeness (QED) is 0.629. The molecule has 0 aliphatic carbocycles. The summed E-state index contributed by atoms with van der Waals surface area (Å²) in [4.78, 5) is 22.5. The SMILES string of the molecule is CCc1cc(Oc2ccc(C(F)(F)F)cc2OC)ccc1CC(C=O)OC(=O)NC. The number of methoxy groups -OCH3 is 1. The largest absolute Gasteiger partial charge is 0.493 e. The second kappa shape index (κ2) is 10.00. The lowest BCUT2D eigenvalue weighted by molar-refractivity contribution is -0.137. The fourth-order valence-corrected chi connectivity index (χ4v) is 2.78. The molecule has 1 N–H and O–H groups in total. The van der Waals surface area contributed by atoms with Crippen molar-refractivity contribution in [2.24, 2.45) is 0 Å². The number of hydrogen-bond donors (Lipinski definition) is 1. The van der Waals surface area contributed by atoms with Gasteiger partial charge in [0.25, 0.3) is 0 Å². The Bertz CT molecular complexity index is 899. The van der Waals surface area contributed by atoms with Crippen molar-refractivity contribution in [3.05, 3.63) is 53.1 Å². The second-order valence-electron chi connectivity index (χ2n) is 6.28. The van der Waals surface area contributed by atoms with E-state index in [9.17, 15) is 22.8 Å². The number of ether oxygens (including phenoxy) is 3. The summed E-state index contributed by atoms with van der Waals surface area (Å²) in [6.07, 6.45) is -4.82. The number of nitrogens with one attached hydrogen (secondary N) is 1.